The van der Waals surface area contributed by atoms with Crippen molar-refractivity contribution in [2.75, 3.05) is 20.3 Å². The van der Waals surface area contributed by atoms with Crippen molar-refractivity contribution in [3.05, 3.63) is 23.8 Å². The first kappa shape index (κ1) is 13.2. The van der Waals surface area contributed by atoms with Crippen LogP contribution in [0.15, 0.2) is 18.2 Å². The predicted octanol–water partition coefficient (Wildman–Crippen LogP) is 2.98. The van der Waals surface area contributed by atoms with Gasteiger partial charge in [-0.15, -0.1) is 0 Å². The number of rotatable bonds is 8. The van der Waals surface area contributed by atoms with E-state index in [1.807, 2.05) is 6.07 Å². The van der Waals surface area contributed by atoms with Crippen molar-refractivity contribution in [3.63, 3.8) is 0 Å². The van der Waals surface area contributed by atoms with Gasteiger partial charge in [-0.25, -0.2) is 0 Å². The first-order chi connectivity index (χ1) is 8.83. The molecule has 3 heteroatoms. The number of hydrogen-bond acceptors (Lipinski definition) is 3. The van der Waals surface area contributed by atoms with Gasteiger partial charge in [0.15, 0.2) is 11.5 Å². The van der Waals surface area contributed by atoms with Gasteiger partial charge in [-0.3, -0.25) is 0 Å². The van der Waals surface area contributed by atoms with E-state index in [2.05, 4.69) is 24.4 Å². The van der Waals surface area contributed by atoms with Crippen LogP contribution < -0.4 is 14.8 Å². The summed E-state index contributed by atoms with van der Waals surface area (Å²) in [4.78, 5) is 0. The molecule has 0 amide bonds. The number of ether oxygens (including phenoxy) is 2. The molecule has 0 atom stereocenters. The number of nitrogens with one attached hydrogen (secondary N) is 1. The van der Waals surface area contributed by atoms with Crippen LogP contribution in [0.1, 0.15) is 31.7 Å². The molecule has 1 aromatic carbocycles. The third kappa shape index (κ3) is 3.91. The van der Waals surface area contributed by atoms with Crippen molar-refractivity contribution in [3.8, 4) is 11.5 Å². The summed E-state index contributed by atoms with van der Waals surface area (Å²) in [6.45, 7) is 4.92. The van der Waals surface area contributed by atoms with E-state index in [0.717, 1.165) is 43.5 Å². The van der Waals surface area contributed by atoms with Crippen molar-refractivity contribution in [2.24, 2.45) is 5.92 Å². The van der Waals surface area contributed by atoms with E-state index in [0.29, 0.717) is 0 Å². The second-order valence-corrected chi connectivity index (χ2v) is 4.92. The van der Waals surface area contributed by atoms with Crippen LogP contribution in [0.5, 0.6) is 11.5 Å². The zero-order chi connectivity index (χ0) is 12.8. The van der Waals surface area contributed by atoms with E-state index in [4.69, 9.17) is 9.47 Å². The van der Waals surface area contributed by atoms with Gasteiger partial charge >= 0.3 is 0 Å². The fraction of sp³-hybridized carbons (Fsp3) is 0.600. The molecule has 0 bridgehead atoms. The molecule has 0 radical (unpaired) electrons. The largest absolute Gasteiger partial charge is 0.493 e. The van der Waals surface area contributed by atoms with Gasteiger partial charge in [0, 0.05) is 6.54 Å². The molecule has 1 fully saturated rings. The second kappa shape index (κ2) is 6.64. The van der Waals surface area contributed by atoms with Crippen LogP contribution in [0, 0.1) is 5.92 Å². The van der Waals surface area contributed by atoms with Crippen LogP contribution in [-0.4, -0.2) is 20.3 Å². The van der Waals surface area contributed by atoms with E-state index in [9.17, 15) is 0 Å². The molecule has 1 saturated carbocycles. The molecule has 1 aliphatic carbocycles. The van der Waals surface area contributed by atoms with Crippen LogP contribution in [0.3, 0.4) is 0 Å². The Morgan fingerprint density at radius 2 is 2.11 bits per heavy atom. The summed E-state index contributed by atoms with van der Waals surface area (Å²) in [5.41, 5.74) is 1.24. The molecule has 3 nitrogen and oxygen atoms in total. The molecule has 100 valence electrons. The monoisotopic (exact) mass is 249 g/mol. The molecule has 1 N–H and O–H groups in total. The summed E-state index contributed by atoms with van der Waals surface area (Å²) in [5, 5.41) is 3.39. The number of methoxy groups -OCH3 is 1. The van der Waals surface area contributed by atoms with Crippen molar-refractivity contribution in [1.29, 1.82) is 0 Å². The standard InChI is InChI=1S/C15H23NO2/c1-3-8-16-10-13-6-7-14(15(9-13)17-2)18-11-12-4-5-12/h6-7,9,12,16H,3-5,8,10-11H2,1-2H3. The van der Waals surface area contributed by atoms with Crippen molar-refractivity contribution in [1.82, 2.24) is 5.32 Å². The van der Waals surface area contributed by atoms with E-state index in [-0.39, 0.29) is 0 Å². The highest BCUT2D eigenvalue weighted by Crippen LogP contribution is 2.33. The third-order valence-electron chi connectivity index (χ3n) is 3.16. The maximum absolute atomic E-state index is 5.79. The second-order valence-electron chi connectivity index (χ2n) is 4.92. The zero-order valence-electron chi connectivity index (χ0n) is 11.4. The van der Waals surface area contributed by atoms with E-state index >= 15 is 0 Å². The smallest absolute Gasteiger partial charge is 0.161 e. The molecule has 2 rings (SSSR count). The summed E-state index contributed by atoms with van der Waals surface area (Å²) in [6.07, 6.45) is 3.77. The highest BCUT2D eigenvalue weighted by Gasteiger charge is 2.22. The SMILES string of the molecule is CCCNCc1ccc(OCC2CC2)c(OC)c1. The Labute approximate surface area is 109 Å². The molecule has 18 heavy (non-hydrogen) atoms. The quantitative estimate of drug-likeness (QED) is 0.718. The topological polar surface area (TPSA) is 30.5 Å². The summed E-state index contributed by atoms with van der Waals surface area (Å²) in [6, 6.07) is 6.18. The average molecular weight is 249 g/mol. The normalized spacial score (nSPS) is 14.6. The molecule has 1 aromatic rings. The van der Waals surface area contributed by atoms with Crippen molar-refractivity contribution in [2.45, 2.75) is 32.7 Å². The van der Waals surface area contributed by atoms with Crippen LogP contribution in [0.4, 0.5) is 0 Å². The molecule has 0 heterocycles. The molecule has 0 aromatic heterocycles. The van der Waals surface area contributed by atoms with Gasteiger partial charge < -0.3 is 14.8 Å². The van der Waals surface area contributed by atoms with Crippen LogP contribution in [-0.2, 0) is 6.54 Å². The van der Waals surface area contributed by atoms with Gasteiger partial charge in [0.2, 0.25) is 0 Å². The highest BCUT2D eigenvalue weighted by atomic mass is 16.5. The lowest BCUT2D eigenvalue weighted by molar-refractivity contribution is 0.280. The summed E-state index contributed by atoms with van der Waals surface area (Å²) >= 11 is 0. The molecule has 0 saturated heterocycles. The van der Waals surface area contributed by atoms with Gasteiger partial charge in [0.05, 0.1) is 13.7 Å². The lowest BCUT2D eigenvalue weighted by Crippen LogP contribution is -2.13. The molecule has 0 aliphatic heterocycles. The Balaban J connectivity index is 1.92. The summed E-state index contributed by atoms with van der Waals surface area (Å²) < 4.78 is 11.2. The van der Waals surface area contributed by atoms with Crippen molar-refractivity contribution < 1.29 is 9.47 Å². The predicted molar refractivity (Wildman–Crippen MR) is 73.2 cm³/mol. The molecular weight excluding hydrogens is 226 g/mol. The number of hydrogen-bond donors (Lipinski definition) is 1. The van der Waals surface area contributed by atoms with E-state index in [1.54, 1.807) is 7.11 Å². The summed E-state index contributed by atoms with van der Waals surface area (Å²) in [7, 11) is 1.70. The third-order valence-corrected chi connectivity index (χ3v) is 3.16. The minimum atomic E-state index is 0.764. The van der Waals surface area contributed by atoms with Gasteiger partial charge in [-0.2, -0.15) is 0 Å². The van der Waals surface area contributed by atoms with Gasteiger partial charge in [0.1, 0.15) is 0 Å². The van der Waals surface area contributed by atoms with Gasteiger partial charge in [-0.1, -0.05) is 13.0 Å². The average Bonchev–Trinajstić information content (AvgIpc) is 3.21. The van der Waals surface area contributed by atoms with Crippen molar-refractivity contribution >= 4 is 0 Å². The van der Waals surface area contributed by atoms with E-state index in [1.165, 1.54) is 18.4 Å². The minimum Gasteiger partial charge on any atom is -0.493 e. The summed E-state index contributed by atoms with van der Waals surface area (Å²) in [5.74, 6) is 2.47. The highest BCUT2D eigenvalue weighted by molar-refractivity contribution is 5.43. The Hall–Kier alpha value is -1.22. The fourth-order valence-electron chi connectivity index (χ4n) is 1.84. The van der Waals surface area contributed by atoms with Crippen LogP contribution >= 0.6 is 0 Å². The molecule has 1 aliphatic rings. The number of benzene rings is 1. The Morgan fingerprint density at radius 3 is 2.78 bits per heavy atom. The Kier molecular flexibility index (Phi) is 4.88. The maximum atomic E-state index is 5.79. The maximum Gasteiger partial charge on any atom is 0.161 e. The zero-order valence-corrected chi connectivity index (χ0v) is 11.4. The molecule has 0 spiro atoms. The lowest BCUT2D eigenvalue weighted by Gasteiger charge is -2.12. The molecule has 0 unspecified atom stereocenters. The van der Waals surface area contributed by atoms with Gasteiger partial charge in [0.25, 0.3) is 0 Å². The van der Waals surface area contributed by atoms with Crippen LogP contribution in [0.25, 0.3) is 0 Å². The van der Waals surface area contributed by atoms with E-state index < -0.39 is 0 Å². The minimum absolute atomic E-state index is 0.764. The Morgan fingerprint density at radius 1 is 1.28 bits per heavy atom. The first-order valence-electron chi connectivity index (χ1n) is 6.84. The Bertz CT molecular complexity index is 375. The molecular formula is C15H23NO2. The lowest BCUT2D eigenvalue weighted by atomic mass is 10.2. The van der Waals surface area contributed by atoms with Crippen LogP contribution in [0.2, 0.25) is 0 Å². The fourth-order valence-corrected chi connectivity index (χ4v) is 1.84. The van der Waals surface area contributed by atoms with Gasteiger partial charge in [-0.05, 0) is 49.4 Å². The first-order valence-corrected chi connectivity index (χ1v) is 6.84.